The predicted molar refractivity (Wildman–Crippen MR) is 80.8 cm³/mol. The van der Waals surface area contributed by atoms with Crippen LogP contribution in [0.15, 0.2) is 53.4 Å². The summed E-state index contributed by atoms with van der Waals surface area (Å²) in [5.41, 5.74) is 0. The van der Waals surface area contributed by atoms with Crippen LogP contribution in [0, 0.1) is 5.82 Å². The Hall–Kier alpha value is -2.22. The molecule has 0 spiro atoms. The highest BCUT2D eigenvalue weighted by molar-refractivity contribution is 8.00. The molecule has 0 heterocycles. The van der Waals surface area contributed by atoms with E-state index in [-0.39, 0.29) is 22.1 Å². The van der Waals surface area contributed by atoms with Crippen LogP contribution in [0.25, 0.3) is 0 Å². The van der Waals surface area contributed by atoms with E-state index in [0.717, 1.165) is 11.8 Å². The molecular weight excluding hydrogens is 348 g/mol. The number of hydrogen-bond donors (Lipinski definition) is 0. The Balaban J connectivity index is 1.95. The predicted octanol–water partition coefficient (Wildman–Crippen LogP) is 4.46. The Kier molecular flexibility index (Phi) is 6.08. The minimum Gasteiger partial charge on any atom is -0.480 e. The van der Waals surface area contributed by atoms with E-state index in [1.54, 1.807) is 6.07 Å². The highest BCUT2D eigenvalue weighted by Crippen LogP contribution is 2.29. The largest absolute Gasteiger partial charge is 0.480 e. The molecule has 0 saturated carbocycles. The fourth-order valence-electron chi connectivity index (χ4n) is 1.66. The second-order valence-electron chi connectivity index (χ2n) is 4.54. The molecule has 0 aliphatic carbocycles. The number of carbonyl (C=O) groups excluding carboxylic acids is 1. The van der Waals surface area contributed by atoms with E-state index in [4.69, 9.17) is 4.74 Å². The van der Waals surface area contributed by atoms with Crippen molar-refractivity contribution in [3.63, 3.8) is 0 Å². The van der Waals surface area contributed by atoms with Gasteiger partial charge in [0.1, 0.15) is 5.82 Å². The van der Waals surface area contributed by atoms with Crippen molar-refractivity contribution in [3.05, 3.63) is 54.3 Å². The summed E-state index contributed by atoms with van der Waals surface area (Å²) in [5, 5.41) is 0. The van der Waals surface area contributed by atoms with Gasteiger partial charge in [-0.1, -0.05) is 24.3 Å². The number of thioether (sulfide) groups is 1. The van der Waals surface area contributed by atoms with E-state index < -0.39 is 24.6 Å². The van der Waals surface area contributed by atoms with E-state index in [9.17, 15) is 22.4 Å². The molecular formula is C16H12F4O3S. The average molecular weight is 360 g/mol. The van der Waals surface area contributed by atoms with Crippen LogP contribution >= 0.6 is 11.8 Å². The van der Waals surface area contributed by atoms with Gasteiger partial charge in [-0.3, -0.25) is 4.79 Å². The summed E-state index contributed by atoms with van der Waals surface area (Å²) < 4.78 is 59.7. The highest BCUT2D eigenvalue weighted by atomic mass is 32.2. The van der Waals surface area contributed by atoms with E-state index in [1.165, 1.54) is 42.5 Å². The van der Waals surface area contributed by atoms with Gasteiger partial charge in [0, 0.05) is 4.90 Å². The van der Waals surface area contributed by atoms with Crippen molar-refractivity contribution < 1.29 is 31.8 Å². The molecule has 2 aromatic rings. The molecule has 2 rings (SSSR count). The minimum absolute atomic E-state index is 0.124. The lowest BCUT2D eigenvalue weighted by Gasteiger charge is -2.12. The highest BCUT2D eigenvalue weighted by Gasteiger charge is 2.29. The second kappa shape index (κ2) is 8.05. The summed E-state index contributed by atoms with van der Waals surface area (Å²) in [6, 6.07) is 11.4. The van der Waals surface area contributed by atoms with Crippen molar-refractivity contribution in [1.29, 1.82) is 0 Å². The van der Waals surface area contributed by atoms with Gasteiger partial charge >= 0.3 is 12.1 Å². The Morgan fingerprint density at radius 3 is 2.29 bits per heavy atom. The number of halogens is 4. The van der Waals surface area contributed by atoms with Crippen LogP contribution in [0.5, 0.6) is 11.5 Å². The standard InChI is InChI=1S/C16H12F4O3S/c17-11-5-1-4-8-14(11)24-9-15(21)23-13-7-3-2-6-12(13)22-10-16(18,19)20/h1-8H,9-10H2. The third-order valence-electron chi connectivity index (χ3n) is 2.65. The van der Waals surface area contributed by atoms with Crippen molar-refractivity contribution in [2.75, 3.05) is 12.4 Å². The van der Waals surface area contributed by atoms with Crippen LogP contribution in [-0.2, 0) is 4.79 Å². The normalized spacial score (nSPS) is 11.2. The van der Waals surface area contributed by atoms with Crippen LogP contribution in [0.1, 0.15) is 0 Å². The van der Waals surface area contributed by atoms with Gasteiger partial charge in [-0.15, -0.1) is 11.8 Å². The van der Waals surface area contributed by atoms with Crippen LogP contribution in [0.2, 0.25) is 0 Å². The van der Waals surface area contributed by atoms with Gasteiger partial charge in [0.25, 0.3) is 0 Å². The van der Waals surface area contributed by atoms with Gasteiger partial charge in [0.2, 0.25) is 0 Å². The Morgan fingerprint density at radius 1 is 1.00 bits per heavy atom. The lowest BCUT2D eigenvalue weighted by atomic mass is 10.3. The zero-order chi connectivity index (χ0) is 17.6. The lowest BCUT2D eigenvalue weighted by molar-refractivity contribution is -0.153. The molecule has 0 radical (unpaired) electrons. The van der Waals surface area contributed by atoms with Gasteiger partial charge in [0.05, 0.1) is 5.75 Å². The maximum Gasteiger partial charge on any atom is 0.422 e. The number of ether oxygens (including phenoxy) is 2. The molecule has 0 amide bonds. The third-order valence-corrected chi connectivity index (χ3v) is 3.67. The maximum atomic E-state index is 13.4. The number of rotatable bonds is 6. The molecule has 24 heavy (non-hydrogen) atoms. The zero-order valence-corrected chi connectivity index (χ0v) is 13.0. The van der Waals surface area contributed by atoms with Crippen LogP contribution in [-0.4, -0.2) is 24.5 Å². The summed E-state index contributed by atoms with van der Waals surface area (Å²) in [6.07, 6.45) is -4.50. The number of esters is 1. The summed E-state index contributed by atoms with van der Waals surface area (Å²) in [5.74, 6) is -1.72. The van der Waals surface area contributed by atoms with Crippen molar-refractivity contribution in [3.8, 4) is 11.5 Å². The zero-order valence-electron chi connectivity index (χ0n) is 12.2. The molecule has 0 aliphatic heterocycles. The number of benzene rings is 2. The molecule has 0 unspecified atom stereocenters. The Bertz CT molecular complexity index is 704. The quantitative estimate of drug-likeness (QED) is 0.330. The van der Waals surface area contributed by atoms with Gasteiger partial charge in [-0.05, 0) is 24.3 Å². The Labute approximate surface area is 139 Å². The topological polar surface area (TPSA) is 35.5 Å². The first kappa shape index (κ1) is 18.1. The van der Waals surface area contributed by atoms with Gasteiger partial charge in [-0.2, -0.15) is 13.2 Å². The fraction of sp³-hybridized carbons (Fsp3) is 0.188. The Morgan fingerprint density at radius 2 is 1.62 bits per heavy atom. The van der Waals surface area contributed by atoms with E-state index in [0.29, 0.717) is 0 Å². The van der Waals surface area contributed by atoms with E-state index in [2.05, 4.69) is 4.74 Å². The van der Waals surface area contributed by atoms with Crippen molar-refractivity contribution in [2.24, 2.45) is 0 Å². The molecule has 0 saturated heterocycles. The van der Waals surface area contributed by atoms with Crippen LogP contribution < -0.4 is 9.47 Å². The summed E-state index contributed by atoms with van der Waals surface area (Å²) in [4.78, 5) is 12.1. The molecule has 8 heteroatoms. The minimum atomic E-state index is -4.50. The monoisotopic (exact) mass is 360 g/mol. The maximum absolute atomic E-state index is 13.4. The van der Waals surface area contributed by atoms with Crippen LogP contribution in [0.3, 0.4) is 0 Å². The molecule has 0 fully saturated rings. The van der Waals surface area contributed by atoms with E-state index in [1.807, 2.05) is 0 Å². The summed E-state index contributed by atoms with van der Waals surface area (Å²) in [7, 11) is 0. The second-order valence-corrected chi connectivity index (χ2v) is 5.56. The summed E-state index contributed by atoms with van der Waals surface area (Å²) in [6.45, 7) is -1.49. The van der Waals surface area contributed by atoms with Crippen LogP contribution in [0.4, 0.5) is 17.6 Å². The smallest absolute Gasteiger partial charge is 0.422 e. The molecule has 0 aliphatic rings. The molecule has 3 nitrogen and oxygen atoms in total. The number of hydrogen-bond acceptors (Lipinski definition) is 4. The van der Waals surface area contributed by atoms with Crippen molar-refractivity contribution in [1.82, 2.24) is 0 Å². The lowest BCUT2D eigenvalue weighted by Crippen LogP contribution is -2.20. The molecule has 0 N–H and O–H groups in total. The molecule has 128 valence electrons. The number of para-hydroxylation sites is 2. The van der Waals surface area contributed by atoms with Gasteiger partial charge < -0.3 is 9.47 Å². The molecule has 0 bridgehead atoms. The first-order valence-electron chi connectivity index (χ1n) is 6.72. The molecule has 2 aromatic carbocycles. The SMILES string of the molecule is O=C(CSc1ccccc1F)Oc1ccccc1OCC(F)(F)F. The summed E-state index contributed by atoms with van der Waals surface area (Å²) >= 11 is 0.928. The first-order chi connectivity index (χ1) is 11.3. The van der Waals surface area contributed by atoms with Crippen molar-refractivity contribution >= 4 is 17.7 Å². The average Bonchev–Trinajstić information content (AvgIpc) is 2.52. The van der Waals surface area contributed by atoms with Gasteiger partial charge in [-0.25, -0.2) is 4.39 Å². The molecule has 0 atom stereocenters. The number of carbonyl (C=O) groups is 1. The first-order valence-corrected chi connectivity index (χ1v) is 7.70. The third kappa shape index (κ3) is 5.77. The molecule has 0 aromatic heterocycles. The van der Waals surface area contributed by atoms with Crippen molar-refractivity contribution in [2.45, 2.75) is 11.1 Å². The fourth-order valence-corrected chi connectivity index (χ4v) is 2.38. The van der Waals surface area contributed by atoms with E-state index >= 15 is 0 Å². The number of alkyl halides is 3. The van der Waals surface area contributed by atoms with Gasteiger partial charge in [0.15, 0.2) is 18.1 Å².